The third-order valence-electron chi connectivity index (χ3n) is 14.1. The number of aromatic hydroxyl groups is 6. The molecule has 0 radical (unpaired) electrons. The molecule has 6 N–H and O–H groups in total. The van der Waals surface area contributed by atoms with E-state index in [1.807, 2.05) is 178 Å². The SMILES string of the molecule is COc1cc(C=NC(C)(C)CC(C)(C)N=Cc2cccc(C)c2O)c(O)c(-c2ccccc2)c1.Cc1cccc(C=NC(C)(C)CC(C)(C)N=Cc2cccc(C)c2O)c1O.Cc1cccc(C=Nc2cccc(N=Cc3cccc(C)c3O)n2)c1O.[Cl][Ti][Cl].[Cl][Ti][Cl].[Cl][Ti][Cl]. The summed E-state index contributed by atoms with van der Waals surface area (Å²) in [5, 5.41) is 61.6. The molecular weight excluding hydrogens is 1440 g/mol. The van der Waals surface area contributed by atoms with Crippen molar-refractivity contribution in [3.63, 3.8) is 0 Å². The maximum atomic E-state index is 11.0. The summed E-state index contributed by atoms with van der Waals surface area (Å²) in [6.07, 6.45) is 11.4. The second kappa shape index (κ2) is 42.2. The number of aromatic nitrogens is 1. The average Bonchev–Trinajstić information content (AvgIpc) is 0.827. The molecule has 1 aromatic heterocycles. The van der Waals surface area contributed by atoms with Gasteiger partial charge >= 0.3 is 107 Å². The number of methoxy groups -OCH3 is 1. The third-order valence-corrected chi connectivity index (χ3v) is 14.1. The number of aliphatic imine (C=N–C) groups is 6. The van der Waals surface area contributed by atoms with Gasteiger partial charge in [0.1, 0.15) is 40.2 Å². The van der Waals surface area contributed by atoms with Crippen molar-refractivity contribution < 1.29 is 86.5 Å². The molecule has 0 aliphatic carbocycles. The standard InChI is InChI=1S/C29H34N2O3.C23H30N2O2.C21H19N3O2.6ClH.3Ti/c1-20-11-10-14-22(26(20)32)17-30-28(2,3)19-29(4,5)31-18-23-15-24(34-6)16-25(27(23)33)21-12-8-7-9-13-21;1-16-9-7-11-18(20(16)26)13-24-22(3,4)15-23(5,6)25-14-19-12-8-10-17(2)21(19)27;1-14-6-3-8-16(20(14)25)12-22-18-10-5-11-19(24-18)23-13-17-9-4-7-15(2)21(17)26;;;;;;;;;/h7-18,32-33H,19H2,1-6H3;7-14,26-27H,15H2,1-6H3;3-13,25-26H,1-2H3;6*1H;;;/q;;;;;;;;;3*+2/p-6. The summed E-state index contributed by atoms with van der Waals surface area (Å²) in [5.41, 5.74) is 8.08. The zero-order chi connectivity index (χ0) is 71.8. The van der Waals surface area contributed by atoms with E-state index in [4.69, 9.17) is 80.5 Å². The van der Waals surface area contributed by atoms with Crippen LogP contribution in [0.4, 0.5) is 11.6 Å². The van der Waals surface area contributed by atoms with E-state index in [0.29, 0.717) is 69.2 Å². The van der Waals surface area contributed by atoms with Gasteiger partial charge in [0.05, 0.1) is 29.3 Å². The number of ether oxygens (including phenoxy) is 1. The number of phenols is 6. The fourth-order valence-electron chi connectivity index (χ4n) is 9.72. The molecule has 0 aliphatic heterocycles. The van der Waals surface area contributed by atoms with Gasteiger partial charge in [-0.25, -0.2) is 15.0 Å². The number of para-hydroxylation sites is 5. The van der Waals surface area contributed by atoms with Gasteiger partial charge in [-0.15, -0.1) is 0 Å². The van der Waals surface area contributed by atoms with Crippen LogP contribution in [-0.4, -0.2) is 102 Å². The molecule has 14 nitrogen and oxygen atoms in total. The minimum atomic E-state index is -0.556. The molecule has 0 aliphatic rings. The monoisotopic (exact) mass is 1520 g/mol. The number of benzene rings is 7. The molecule has 0 saturated heterocycles. The van der Waals surface area contributed by atoms with Crippen molar-refractivity contribution in [2.45, 2.75) is 125 Å². The summed E-state index contributed by atoms with van der Waals surface area (Å²) in [6.45, 7) is 25.7. The second-order valence-corrected chi connectivity index (χ2v) is 32.0. The molecule has 0 atom stereocenters. The van der Waals surface area contributed by atoms with E-state index in [1.54, 1.807) is 80.8 Å². The van der Waals surface area contributed by atoms with E-state index in [2.05, 4.69) is 42.7 Å². The summed E-state index contributed by atoms with van der Waals surface area (Å²) in [5.74, 6) is 2.98. The minimum absolute atomic E-state index is 0.166. The van der Waals surface area contributed by atoms with Gasteiger partial charge < -0.3 is 35.4 Å². The Morgan fingerprint density at radius 2 is 0.635 bits per heavy atom. The molecule has 506 valence electrons. The number of phenolic OH excluding ortho intramolecular Hbond substituents is 6. The number of hydrogen-bond donors (Lipinski definition) is 6. The summed E-state index contributed by atoms with van der Waals surface area (Å²) in [6, 6.07) is 46.5. The quantitative estimate of drug-likeness (QED) is 0.0358. The number of pyridine rings is 1. The van der Waals surface area contributed by atoms with Gasteiger partial charge in [-0.3, -0.25) is 20.0 Å². The first-order valence-electron chi connectivity index (χ1n) is 29.9. The zero-order valence-corrected chi connectivity index (χ0v) is 65.5. The van der Waals surface area contributed by atoms with Gasteiger partial charge in [-0.1, -0.05) is 97.1 Å². The van der Waals surface area contributed by atoms with E-state index in [9.17, 15) is 30.6 Å². The molecule has 0 spiro atoms. The second-order valence-electron chi connectivity index (χ2n) is 24.3. The van der Waals surface area contributed by atoms with Gasteiger partial charge in [0, 0.05) is 76.2 Å². The molecule has 23 heteroatoms. The molecule has 0 fully saturated rings. The van der Waals surface area contributed by atoms with Gasteiger partial charge in [-0.2, -0.15) is 0 Å². The van der Waals surface area contributed by atoms with Crippen molar-refractivity contribution in [1.29, 1.82) is 0 Å². The molecule has 1 heterocycles. The molecule has 7 aromatic carbocycles. The summed E-state index contributed by atoms with van der Waals surface area (Å²) in [7, 11) is 30.9. The molecule has 0 unspecified atom stereocenters. The van der Waals surface area contributed by atoms with Gasteiger partial charge in [0.25, 0.3) is 0 Å². The van der Waals surface area contributed by atoms with Crippen LogP contribution in [0.2, 0.25) is 0 Å². The van der Waals surface area contributed by atoms with Crippen LogP contribution >= 0.6 is 55.8 Å². The van der Waals surface area contributed by atoms with E-state index in [1.165, 1.54) is 0 Å². The Kier molecular flexibility index (Phi) is 37.1. The molecule has 8 rings (SSSR count). The molecule has 96 heavy (non-hydrogen) atoms. The van der Waals surface area contributed by atoms with Crippen LogP contribution in [0.25, 0.3) is 11.1 Å². The molecular formula is C73H83Cl6N7O7Ti3. The van der Waals surface area contributed by atoms with E-state index >= 15 is 0 Å². The fourth-order valence-corrected chi connectivity index (χ4v) is 9.72. The van der Waals surface area contributed by atoms with Crippen molar-refractivity contribution >= 4 is 105 Å². The van der Waals surface area contributed by atoms with Crippen LogP contribution in [0.3, 0.4) is 0 Å². The first-order chi connectivity index (χ1) is 45.3. The van der Waals surface area contributed by atoms with Gasteiger partial charge in [-0.05, 0) is 191 Å². The van der Waals surface area contributed by atoms with Crippen LogP contribution in [-0.2, 0) is 51.1 Å². The first kappa shape index (κ1) is 84.4. The summed E-state index contributed by atoms with van der Waals surface area (Å²) >= 11 is -1.67. The maximum absolute atomic E-state index is 11.0. The predicted molar refractivity (Wildman–Crippen MR) is 394 cm³/mol. The van der Waals surface area contributed by atoms with Crippen LogP contribution in [0.15, 0.2) is 182 Å². The van der Waals surface area contributed by atoms with E-state index in [0.717, 1.165) is 33.4 Å². The van der Waals surface area contributed by atoms with Crippen LogP contribution in [0.1, 0.15) is 129 Å². The Balaban J connectivity index is 0.000000355. The van der Waals surface area contributed by atoms with E-state index < -0.39 is 62.2 Å². The average molecular weight is 1530 g/mol. The van der Waals surface area contributed by atoms with E-state index in [-0.39, 0.29) is 45.6 Å². The predicted octanol–water partition coefficient (Wildman–Crippen LogP) is 20.5. The topological polar surface area (TPSA) is 218 Å². The van der Waals surface area contributed by atoms with Crippen molar-refractivity contribution in [2.24, 2.45) is 30.0 Å². The van der Waals surface area contributed by atoms with Crippen molar-refractivity contribution in [1.82, 2.24) is 4.98 Å². The Morgan fingerprint density at radius 3 is 0.927 bits per heavy atom. The van der Waals surface area contributed by atoms with Gasteiger partial charge in [0.15, 0.2) is 11.6 Å². The molecule has 0 amide bonds. The molecule has 0 bridgehead atoms. The Morgan fingerprint density at radius 1 is 0.365 bits per heavy atom. The Labute approximate surface area is 616 Å². The Hall–Kier alpha value is -5.81. The van der Waals surface area contributed by atoms with Crippen molar-refractivity contribution in [2.75, 3.05) is 7.11 Å². The van der Waals surface area contributed by atoms with Crippen LogP contribution in [0, 0.1) is 34.6 Å². The number of nitrogens with zero attached hydrogens (tertiary/aromatic N) is 7. The molecule has 8 aromatic rings. The number of halogens is 6. The normalized spacial score (nSPS) is 11.6. The number of rotatable bonds is 18. The van der Waals surface area contributed by atoms with Crippen LogP contribution < -0.4 is 4.74 Å². The number of hydrogen-bond acceptors (Lipinski definition) is 14. The first-order valence-corrected chi connectivity index (χ1v) is 42.7. The summed E-state index contributed by atoms with van der Waals surface area (Å²) < 4.78 is 5.46. The van der Waals surface area contributed by atoms with Crippen molar-refractivity contribution in [3.8, 4) is 51.4 Å². The van der Waals surface area contributed by atoms with Crippen LogP contribution in [0.5, 0.6) is 40.2 Å². The van der Waals surface area contributed by atoms with Crippen molar-refractivity contribution in [3.05, 3.63) is 213 Å². The summed E-state index contributed by atoms with van der Waals surface area (Å²) in [4.78, 5) is 31.9. The Bertz CT molecular complexity index is 3790. The zero-order valence-electron chi connectivity index (χ0n) is 56.3. The van der Waals surface area contributed by atoms with Gasteiger partial charge in [0.2, 0.25) is 0 Å². The third kappa shape index (κ3) is 29.7. The fraction of sp³-hybridized carbons (Fsp3) is 0.274. The molecule has 0 saturated carbocycles. The number of aryl methyl sites for hydroxylation is 5.